The first-order valence-corrected chi connectivity index (χ1v) is 7.70. The standard InChI is InChI=1S/C17H14FN3S/c1-11(17-20-14-7-3-4-9-16(14)22-17)21(2)15-8-5-6-13(18)12(15)10-19/h3-9,11H,1-2H3/t11-/m1/s1. The molecular weight excluding hydrogens is 297 g/mol. The average molecular weight is 311 g/mol. The fourth-order valence-electron chi connectivity index (χ4n) is 2.36. The Morgan fingerprint density at radius 3 is 2.73 bits per heavy atom. The Balaban J connectivity index is 2.00. The van der Waals surface area contributed by atoms with Crippen LogP contribution >= 0.6 is 11.3 Å². The van der Waals surface area contributed by atoms with Crippen LogP contribution in [0.5, 0.6) is 0 Å². The van der Waals surface area contributed by atoms with Crippen LogP contribution in [0.15, 0.2) is 42.5 Å². The third kappa shape index (κ3) is 2.42. The first-order valence-electron chi connectivity index (χ1n) is 6.88. The molecule has 0 N–H and O–H groups in total. The van der Waals surface area contributed by atoms with Crippen molar-refractivity contribution in [2.24, 2.45) is 0 Å². The summed E-state index contributed by atoms with van der Waals surface area (Å²) in [6.45, 7) is 2.00. The third-order valence-corrected chi connectivity index (χ3v) is 4.94. The molecule has 0 aliphatic heterocycles. The van der Waals surface area contributed by atoms with Crippen molar-refractivity contribution in [3.05, 3.63) is 58.9 Å². The van der Waals surface area contributed by atoms with Crippen molar-refractivity contribution < 1.29 is 4.39 Å². The number of nitrogens with zero attached hydrogens (tertiary/aromatic N) is 3. The summed E-state index contributed by atoms with van der Waals surface area (Å²) in [6.07, 6.45) is 0. The summed E-state index contributed by atoms with van der Waals surface area (Å²) >= 11 is 1.62. The van der Waals surface area contributed by atoms with Gasteiger partial charge in [0.15, 0.2) is 0 Å². The van der Waals surface area contributed by atoms with Crippen LogP contribution in [0.4, 0.5) is 10.1 Å². The molecule has 3 nitrogen and oxygen atoms in total. The summed E-state index contributed by atoms with van der Waals surface area (Å²) in [5.74, 6) is -0.497. The highest BCUT2D eigenvalue weighted by Gasteiger charge is 2.20. The van der Waals surface area contributed by atoms with Gasteiger partial charge in [-0.3, -0.25) is 0 Å². The van der Waals surface area contributed by atoms with Crippen LogP contribution in [-0.2, 0) is 0 Å². The lowest BCUT2D eigenvalue weighted by atomic mass is 10.1. The molecular formula is C17H14FN3S. The quantitative estimate of drug-likeness (QED) is 0.715. The molecule has 0 amide bonds. The van der Waals surface area contributed by atoms with Gasteiger partial charge in [-0.2, -0.15) is 5.26 Å². The highest BCUT2D eigenvalue weighted by Crippen LogP contribution is 2.33. The Kier molecular flexibility index (Phi) is 3.78. The van der Waals surface area contributed by atoms with Crippen LogP contribution in [0, 0.1) is 17.1 Å². The molecule has 1 heterocycles. The van der Waals surface area contributed by atoms with E-state index < -0.39 is 5.82 Å². The lowest BCUT2D eigenvalue weighted by Gasteiger charge is -2.26. The second-order valence-electron chi connectivity index (χ2n) is 5.05. The van der Waals surface area contributed by atoms with Crippen molar-refractivity contribution in [2.75, 3.05) is 11.9 Å². The number of anilines is 1. The molecule has 110 valence electrons. The molecule has 0 spiro atoms. The smallest absolute Gasteiger partial charge is 0.143 e. The van der Waals surface area contributed by atoms with E-state index in [0.717, 1.165) is 15.2 Å². The summed E-state index contributed by atoms with van der Waals surface area (Å²) in [6, 6.07) is 14.5. The highest BCUT2D eigenvalue weighted by atomic mass is 32.1. The van der Waals surface area contributed by atoms with Gasteiger partial charge in [-0.15, -0.1) is 11.3 Å². The van der Waals surface area contributed by atoms with Gasteiger partial charge in [0.1, 0.15) is 22.5 Å². The molecule has 0 radical (unpaired) electrons. The summed E-state index contributed by atoms with van der Waals surface area (Å²) in [5.41, 5.74) is 1.61. The average Bonchev–Trinajstić information content (AvgIpc) is 2.97. The summed E-state index contributed by atoms with van der Waals surface area (Å²) in [5, 5.41) is 10.1. The van der Waals surface area contributed by atoms with E-state index in [1.165, 1.54) is 6.07 Å². The molecule has 1 atom stereocenters. The zero-order valence-electron chi connectivity index (χ0n) is 12.2. The Bertz CT molecular complexity index is 833. The molecule has 5 heteroatoms. The molecule has 3 aromatic rings. The van der Waals surface area contributed by atoms with Crippen LogP contribution in [0.3, 0.4) is 0 Å². The van der Waals surface area contributed by atoms with E-state index in [-0.39, 0.29) is 11.6 Å². The van der Waals surface area contributed by atoms with Gasteiger partial charge in [-0.05, 0) is 31.2 Å². The minimum atomic E-state index is -0.497. The number of aromatic nitrogens is 1. The largest absolute Gasteiger partial charge is 0.364 e. The number of nitriles is 1. The highest BCUT2D eigenvalue weighted by molar-refractivity contribution is 7.18. The van der Waals surface area contributed by atoms with Gasteiger partial charge in [0.05, 0.1) is 21.9 Å². The monoisotopic (exact) mass is 311 g/mol. The Hall–Kier alpha value is -2.45. The summed E-state index contributed by atoms with van der Waals surface area (Å²) in [7, 11) is 1.85. The molecule has 1 aromatic heterocycles. The predicted molar refractivity (Wildman–Crippen MR) is 87.6 cm³/mol. The molecule has 0 unspecified atom stereocenters. The minimum Gasteiger partial charge on any atom is -0.364 e. The topological polar surface area (TPSA) is 39.9 Å². The predicted octanol–water partition coefficient (Wildman–Crippen LogP) is 4.50. The van der Waals surface area contributed by atoms with Crippen molar-refractivity contribution in [3.8, 4) is 6.07 Å². The van der Waals surface area contributed by atoms with Gasteiger partial charge in [-0.25, -0.2) is 9.37 Å². The minimum absolute atomic E-state index is 0.0497. The van der Waals surface area contributed by atoms with Crippen molar-refractivity contribution in [2.45, 2.75) is 13.0 Å². The van der Waals surface area contributed by atoms with Crippen molar-refractivity contribution in [3.63, 3.8) is 0 Å². The van der Waals surface area contributed by atoms with E-state index in [1.807, 2.05) is 49.2 Å². The van der Waals surface area contributed by atoms with Crippen LogP contribution in [0.1, 0.15) is 23.5 Å². The number of rotatable bonds is 3. The SMILES string of the molecule is C[C@H](c1nc2ccccc2s1)N(C)c1cccc(F)c1C#N. The van der Waals surface area contributed by atoms with E-state index in [0.29, 0.717) is 5.69 Å². The van der Waals surface area contributed by atoms with Crippen LogP contribution in [0.2, 0.25) is 0 Å². The van der Waals surface area contributed by atoms with Crippen molar-refractivity contribution in [1.29, 1.82) is 5.26 Å². The van der Waals surface area contributed by atoms with Gasteiger partial charge in [0, 0.05) is 7.05 Å². The zero-order valence-corrected chi connectivity index (χ0v) is 13.1. The molecule has 0 aliphatic rings. The lowest BCUT2D eigenvalue weighted by Crippen LogP contribution is -2.22. The Morgan fingerprint density at radius 1 is 1.23 bits per heavy atom. The van der Waals surface area contributed by atoms with Gasteiger partial charge in [0.2, 0.25) is 0 Å². The Labute approximate surface area is 132 Å². The maximum Gasteiger partial charge on any atom is 0.143 e. The fourth-order valence-corrected chi connectivity index (χ4v) is 3.42. The molecule has 0 saturated heterocycles. The maximum absolute atomic E-state index is 13.8. The second kappa shape index (κ2) is 5.74. The fraction of sp³-hybridized carbons (Fsp3) is 0.176. The van der Waals surface area contributed by atoms with E-state index >= 15 is 0 Å². The summed E-state index contributed by atoms with van der Waals surface area (Å²) < 4.78 is 14.9. The summed E-state index contributed by atoms with van der Waals surface area (Å²) in [4.78, 5) is 6.53. The van der Waals surface area contributed by atoms with E-state index in [4.69, 9.17) is 0 Å². The van der Waals surface area contributed by atoms with Crippen molar-refractivity contribution >= 4 is 27.2 Å². The van der Waals surface area contributed by atoms with Crippen LogP contribution < -0.4 is 4.90 Å². The number of para-hydroxylation sites is 1. The van der Waals surface area contributed by atoms with Gasteiger partial charge in [0.25, 0.3) is 0 Å². The Morgan fingerprint density at radius 2 is 2.00 bits per heavy atom. The molecule has 3 rings (SSSR count). The normalized spacial score (nSPS) is 12.1. The molecule has 2 aromatic carbocycles. The number of benzene rings is 2. The van der Waals surface area contributed by atoms with Gasteiger partial charge in [-0.1, -0.05) is 18.2 Å². The second-order valence-corrected chi connectivity index (χ2v) is 6.11. The molecule has 0 fully saturated rings. The zero-order chi connectivity index (χ0) is 15.7. The first-order chi connectivity index (χ1) is 10.6. The molecule has 0 saturated carbocycles. The van der Waals surface area contributed by atoms with Crippen molar-refractivity contribution in [1.82, 2.24) is 4.98 Å². The van der Waals surface area contributed by atoms with E-state index in [9.17, 15) is 9.65 Å². The first kappa shape index (κ1) is 14.5. The molecule has 22 heavy (non-hydrogen) atoms. The van der Waals surface area contributed by atoms with Gasteiger partial charge < -0.3 is 4.90 Å². The third-order valence-electron chi connectivity index (χ3n) is 3.73. The van der Waals surface area contributed by atoms with Crippen LogP contribution in [0.25, 0.3) is 10.2 Å². The van der Waals surface area contributed by atoms with E-state index in [2.05, 4.69) is 4.98 Å². The van der Waals surface area contributed by atoms with Crippen LogP contribution in [-0.4, -0.2) is 12.0 Å². The number of hydrogen-bond donors (Lipinski definition) is 0. The number of hydrogen-bond acceptors (Lipinski definition) is 4. The van der Waals surface area contributed by atoms with Gasteiger partial charge >= 0.3 is 0 Å². The maximum atomic E-state index is 13.8. The molecule has 0 bridgehead atoms. The van der Waals surface area contributed by atoms with E-state index in [1.54, 1.807) is 23.5 Å². The number of fused-ring (bicyclic) bond motifs is 1. The number of halogens is 1. The lowest BCUT2D eigenvalue weighted by molar-refractivity contribution is 0.621. The number of thiazole rings is 1. The molecule has 0 aliphatic carbocycles.